The molecular formula is C32H72Cl2P2. The second-order valence-electron chi connectivity index (χ2n) is 12.3. The summed E-state index contributed by atoms with van der Waals surface area (Å²) in [6.07, 6.45) is 32.0. The van der Waals surface area contributed by atoms with E-state index in [-0.39, 0.29) is 0 Å². The van der Waals surface area contributed by atoms with Gasteiger partial charge in [0.2, 0.25) is 0 Å². The summed E-state index contributed by atoms with van der Waals surface area (Å²) in [4.78, 5) is 0. The van der Waals surface area contributed by atoms with Gasteiger partial charge < -0.3 is 0 Å². The van der Waals surface area contributed by atoms with Crippen LogP contribution in [0, 0.1) is 0 Å². The molecule has 0 aromatic carbocycles. The van der Waals surface area contributed by atoms with Crippen molar-refractivity contribution in [2.24, 2.45) is 0 Å². The van der Waals surface area contributed by atoms with Crippen molar-refractivity contribution in [1.82, 2.24) is 0 Å². The third kappa shape index (κ3) is 17.2. The number of hydrogen-bond acceptors (Lipinski definition) is 0. The Morgan fingerprint density at radius 1 is 0.278 bits per heavy atom. The standard InChI is InChI=1S/2C16H36ClP/c2*1-5-9-13-18(17,14-10-6-2,15-11-7-3)16-12-8-4/h2*5-16H2,1-4H3. The fourth-order valence-corrected chi connectivity index (χ4v) is 20.2. The molecule has 0 radical (unpaired) electrons. The van der Waals surface area contributed by atoms with Crippen molar-refractivity contribution in [3.05, 3.63) is 0 Å². The van der Waals surface area contributed by atoms with Gasteiger partial charge in [0.1, 0.15) is 0 Å². The summed E-state index contributed by atoms with van der Waals surface area (Å²) < 4.78 is 0. The minimum absolute atomic E-state index is 1.30. The molecule has 0 amide bonds. The molecule has 0 bridgehead atoms. The molecule has 0 fully saturated rings. The van der Waals surface area contributed by atoms with E-state index in [0.29, 0.717) is 0 Å². The fourth-order valence-electron chi connectivity index (χ4n) is 5.77. The molecule has 0 spiro atoms. The number of hydrogen-bond donors (Lipinski definition) is 0. The maximum atomic E-state index is 7.44. The third-order valence-corrected chi connectivity index (χ3v) is 24.1. The topological polar surface area (TPSA) is 0 Å². The summed E-state index contributed by atoms with van der Waals surface area (Å²) in [6.45, 7) is 18.4. The Balaban J connectivity index is 0. The average molecular weight is 590 g/mol. The number of unbranched alkanes of at least 4 members (excludes halogenated alkanes) is 8. The van der Waals surface area contributed by atoms with Crippen molar-refractivity contribution >= 4 is 34.4 Å². The first kappa shape index (κ1) is 39.6. The van der Waals surface area contributed by atoms with Gasteiger partial charge in [-0.2, -0.15) is 0 Å². The van der Waals surface area contributed by atoms with Crippen LogP contribution in [0.1, 0.15) is 158 Å². The summed E-state index contributed by atoms with van der Waals surface area (Å²) in [7, 11) is 0. The van der Waals surface area contributed by atoms with Crippen LogP contribution in [0.15, 0.2) is 0 Å². The minimum atomic E-state index is -1.89. The van der Waals surface area contributed by atoms with Crippen molar-refractivity contribution in [1.29, 1.82) is 0 Å². The molecule has 36 heavy (non-hydrogen) atoms. The van der Waals surface area contributed by atoms with Crippen LogP contribution in [0.3, 0.4) is 0 Å². The molecule has 0 saturated heterocycles. The fraction of sp³-hybridized carbons (Fsp3) is 1.00. The SMILES string of the molecule is CCCCP(Cl)(CCCC)(CCCC)CCCC.CCCCP(Cl)(CCCC)(CCCC)CCCC. The Bertz CT molecular complexity index is 364. The van der Waals surface area contributed by atoms with Crippen molar-refractivity contribution < 1.29 is 0 Å². The van der Waals surface area contributed by atoms with E-state index < -0.39 is 11.9 Å². The molecule has 224 valence electrons. The Kier molecular flexibility index (Phi) is 24.4. The molecule has 0 rings (SSSR count). The van der Waals surface area contributed by atoms with E-state index in [9.17, 15) is 0 Å². The van der Waals surface area contributed by atoms with Gasteiger partial charge in [0.05, 0.1) is 0 Å². The molecule has 0 unspecified atom stereocenters. The molecule has 0 saturated carbocycles. The van der Waals surface area contributed by atoms with Crippen molar-refractivity contribution in [2.75, 3.05) is 49.3 Å². The quantitative estimate of drug-likeness (QED) is 0.0983. The molecule has 4 heteroatoms. The van der Waals surface area contributed by atoms with E-state index in [1.54, 1.807) is 0 Å². The van der Waals surface area contributed by atoms with Gasteiger partial charge in [0, 0.05) is 0 Å². The molecule has 0 aliphatic rings. The van der Waals surface area contributed by atoms with Gasteiger partial charge in [0.15, 0.2) is 0 Å². The number of rotatable bonds is 24. The third-order valence-electron chi connectivity index (χ3n) is 8.56. The monoisotopic (exact) mass is 588 g/mol. The van der Waals surface area contributed by atoms with Crippen LogP contribution in [0.25, 0.3) is 0 Å². The molecular weight excluding hydrogens is 517 g/mol. The Hall–Kier alpha value is 1.44. The molecule has 0 aliphatic carbocycles. The first-order valence-corrected chi connectivity index (χ1v) is 24.3. The van der Waals surface area contributed by atoms with Gasteiger partial charge in [-0.1, -0.05) is 0 Å². The first-order chi connectivity index (χ1) is 17.1. The van der Waals surface area contributed by atoms with E-state index in [0.717, 1.165) is 0 Å². The van der Waals surface area contributed by atoms with Crippen LogP contribution >= 0.6 is 34.4 Å². The summed E-state index contributed by atoms with van der Waals surface area (Å²) in [5.41, 5.74) is 0. The molecule has 0 nitrogen and oxygen atoms in total. The summed E-state index contributed by atoms with van der Waals surface area (Å²) in [5.74, 6) is -3.78. The van der Waals surface area contributed by atoms with Gasteiger partial charge in [-0.05, 0) is 0 Å². The molecule has 0 N–H and O–H groups in total. The average Bonchev–Trinajstić information content (AvgIpc) is 2.90. The molecule has 0 aromatic rings. The molecule has 0 atom stereocenters. The van der Waals surface area contributed by atoms with Crippen molar-refractivity contribution in [3.63, 3.8) is 0 Å². The number of halogens is 2. The summed E-state index contributed by atoms with van der Waals surface area (Å²) in [5, 5.41) is 0. The molecule has 0 aliphatic heterocycles. The summed E-state index contributed by atoms with van der Waals surface area (Å²) in [6, 6.07) is 0. The zero-order valence-electron chi connectivity index (χ0n) is 26.6. The van der Waals surface area contributed by atoms with Gasteiger partial charge in [0.25, 0.3) is 0 Å². The van der Waals surface area contributed by atoms with E-state index in [1.807, 2.05) is 0 Å². The van der Waals surface area contributed by atoms with Crippen LogP contribution in [0.2, 0.25) is 0 Å². The van der Waals surface area contributed by atoms with Crippen LogP contribution in [0.5, 0.6) is 0 Å². The van der Waals surface area contributed by atoms with Crippen molar-refractivity contribution in [2.45, 2.75) is 158 Å². The van der Waals surface area contributed by atoms with Crippen molar-refractivity contribution in [3.8, 4) is 0 Å². The van der Waals surface area contributed by atoms with Crippen LogP contribution in [-0.4, -0.2) is 49.3 Å². The zero-order chi connectivity index (χ0) is 27.9. The predicted molar refractivity (Wildman–Crippen MR) is 184 cm³/mol. The first-order valence-electron chi connectivity index (χ1n) is 16.5. The Morgan fingerprint density at radius 2 is 0.389 bits per heavy atom. The van der Waals surface area contributed by atoms with Gasteiger partial charge in [-0.25, -0.2) is 0 Å². The Labute approximate surface area is 241 Å². The second-order valence-corrected chi connectivity index (χ2v) is 28.9. The van der Waals surface area contributed by atoms with Crippen LogP contribution in [-0.2, 0) is 0 Å². The van der Waals surface area contributed by atoms with Crippen LogP contribution < -0.4 is 0 Å². The van der Waals surface area contributed by atoms with E-state index in [2.05, 4.69) is 55.4 Å². The second kappa shape index (κ2) is 22.2. The van der Waals surface area contributed by atoms with Gasteiger partial charge in [-0.3, -0.25) is 0 Å². The predicted octanol–water partition coefficient (Wildman–Crippen LogP) is 13.8. The van der Waals surface area contributed by atoms with E-state index in [4.69, 9.17) is 22.5 Å². The molecule has 0 heterocycles. The maximum absolute atomic E-state index is 7.44. The summed E-state index contributed by atoms with van der Waals surface area (Å²) >= 11 is 14.9. The van der Waals surface area contributed by atoms with E-state index in [1.165, 1.54) is 152 Å². The normalized spacial score (nSPS) is 14.4. The van der Waals surface area contributed by atoms with Crippen LogP contribution in [0.4, 0.5) is 0 Å². The van der Waals surface area contributed by atoms with E-state index >= 15 is 0 Å². The Morgan fingerprint density at radius 3 is 0.472 bits per heavy atom. The van der Waals surface area contributed by atoms with Gasteiger partial charge in [-0.15, -0.1) is 0 Å². The molecule has 0 aromatic heterocycles. The zero-order valence-corrected chi connectivity index (χ0v) is 29.9. The van der Waals surface area contributed by atoms with Gasteiger partial charge >= 0.3 is 242 Å².